The smallest absolute Gasteiger partial charge is 0.309 e. The van der Waals surface area contributed by atoms with Crippen molar-refractivity contribution < 1.29 is 9.53 Å². The molecule has 0 aliphatic heterocycles. The van der Waals surface area contributed by atoms with Crippen molar-refractivity contribution in [3.05, 3.63) is 0 Å². The molecule has 4 rings (SSSR count). The van der Waals surface area contributed by atoms with E-state index in [9.17, 15) is 4.79 Å². The first-order chi connectivity index (χ1) is 5.75. The molecule has 0 amide bonds. The highest BCUT2D eigenvalue weighted by atomic mass is 35.5. The number of ether oxygens (including phenoxy) is 1. The molecule has 0 aromatic rings. The third-order valence-corrected chi connectivity index (χ3v) is 4.58. The summed E-state index contributed by atoms with van der Waals surface area (Å²) in [5, 5.41) is 0.268. The van der Waals surface area contributed by atoms with Crippen LogP contribution >= 0.6 is 11.6 Å². The summed E-state index contributed by atoms with van der Waals surface area (Å²) in [4.78, 5) is 11.4. The van der Waals surface area contributed by atoms with Gasteiger partial charge in [0, 0.05) is 5.38 Å². The lowest BCUT2D eigenvalue weighted by molar-refractivity contribution is -0.146. The number of hydrogen-bond acceptors (Lipinski definition) is 2. The van der Waals surface area contributed by atoms with Gasteiger partial charge in [-0.05, 0) is 30.1 Å². The van der Waals surface area contributed by atoms with Crippen LogP contribution in [0.1, 0.15) is 6.42 Å². The molecule has 3 heteroatoms. The molecule has 0 heterocycles. The Morgan fingerprint density at radius 2 is 2.17 bits per heavy atom. The van der Waals surface area contributed by atoms with E-state index >= 15 is 0 Å². The SMILES string of the molecule is COC(=O)[C@@H]1[C@H]2C[C@@H]3[C@H]([C@@H]2Cl)[C@@H]31. The van der Waals surface area contributed by atoms with E-state index in [2.05, 4.69) is 0 Å². The molecule has 0 saturated heterocycles. The molecule has 6 atom stereocenters. The first kappa shape index (κ1) is 7.19. The fourth-order valence-corrected chi connectivity index (χ4v) is 4.14. The number of carbonyl (C=O) groups is 1. The maximum absolute atomic E-state index is 11.4. The zero-order valence-corrected chi connectivity index (χ0v) is 7.62. The number of carbonyl (C=O) groups excluding carboxylic acids is 1. The van der Waals surface area contributed by atoms with Crippen LogP contribution in [0.5, 0.6) is 0 Å². The predicted octanol–water partition coefficient (Wildman–Crippen LogP) is 1.28. The van der Waals surface area contributed by atoms with Gasteiger partial charge in [0.2, 0.25) is 0 Å². The van der Waals surface area contributed by atoms with Crippen LogP contribution in [0.15, 0.2) is 0 Å². The zero-order valence-electron chi connectivity index (χ0n) is 6.87. The number of alkyl halides is 1. The molecule has 4 bridgehead atoms. The van der Waals surface area contributed by atoms with Gasteiger partial charge in [0.1, 0.15) is 0 Å². The highest BCUT2D eigenvalue weighted by Gasteiger charge is 2.75. The van der Waals surface area contributed by atoms with Gasteiger partial charge in [-0.2, -0.15) is 0 Å². The van der Waals surface area contributed by atoms with Gasteiger partial charge in [-0.3, -0.25) is 4.79 Å². The van der Waals surface area contributed by atoms with Crippen LogP contribution < -0.4 is 0 Å². The second-order valence-electron chi connectivity index (χ2n) is 4.21. The van der Waals surface area contributed by atoms with Crippen LogP contribution in [0.2, 0.25) is 0 Å². The van der Waals surface area contributed by atoms with E-state index < -0.39 is 0 Å². The first-order valence-corrected chi connectivity index (χ1v) is 4.91. The Morgan fingerprint density at radius 1 is 1.42 bits per heavy atom. The summed E-state index contributed by atoms with van der Waals surface area (Å²) in [6.45, 7) is 0. The lowest BCUT2D eigenvalue weighted by Gasteiger charge is -2.13. The number of esters is 1. The number of rotatable bonds is 1. The Bertz CT molecular complexity index is 253. The highest BCUT2D eigenvalue weighted by Crippen LogP contribution is 2.74. The molecule has 12 heavy (non-hydrogen) atoms. The van der Waals surface area contributed by atoms with E-state index in [1.807, 2.05) is 0 Å². The van der Waals surface area contributed by atoms with Crippen molar-refractivity contribution in [2.45, 2.75) is 11.8 Å². The fraction of sp³-hybridized carbons (Fsp3) is 0.889. The Balaban J connectivity index is 1.89. The van der Waals surface area contributed by atoms with Gasteiger partial charge in [0.15, 0.2) is 0 Å². The average Bonchev–Trinajstić information content (AvgIpc) is 2.42. The molecule has 0 aromatic heterocycles. The third-order valence-electron chi connectivity index (χ3n) is 3.96. The Morgan fingerprint density at radius 3 is 2.50 bits per heavy atom. The Kier molecular flexibility index (Phi) is 1.19. The molecule has 2 nitrogen and oxygen atoms in total. The molecule has 4 aliphatic rings. The molecule has 4 saturated carbocycles. The van der Waals surface area contributed by atoms with Gasteiger partial charge in [0.05, 0.1) is 13.0 Å². The standard InChI is InChI=1S/C9H11ClO2/c1-12-9(11)7-4-2-3-5(7)6(3)8(4)10/h3-8H,2H2,1H3/t3-,4+,5+,6-,7+,8+/m0/s1. The van der Waals surface area contributed by atoms with Gasteiger partial charge in [-0.25, -0.2) is 0 Å². The third kappa shape index (κ3) is 0.586. The van der Waals surface area contributed by atoms with Crippen LogP contribution in [-0.4, -0.2) is 18.5 Å². The van der Waals surface area contributed by atoms with Crippen molar-refractivity contribution in [3.63, 3.8) is 0 Å². The zero-order chi connectivity index (χ0) is 8.46. The van der Waals surface area contributed by atoms with Gasteiger partial charge >= 0.3 is 5.97 Å². The van der Waals surface area contributed by atoms with Crippen LogP contribution in [0.4, 0.5) is 0 Å². The maximum atomic E-state index is 11.4. The average molecular weight is 187 g/mol. The van der Waals surface area contributed by atoms with Crippen LogP contribution in [0, 0.1) is 29.6 Å². The van der Waals surface area contributed by atoms with Crippen molar-refractivity contribution in [3.8, 4) is 0 Å². The number of methoxy groups -OCH3 is 1. The van der Waals surface area contributed by atoms with Crippen LogP contribution in [-0.2, 0) is 9.53 Å². The summed E-state index contributed by atoms with van der Waals surface area (Å²) in [5.74, 6) is 2.55. The van der Waals surface area contributed by atoms with E-state index in [-0.39, 0.29) is 17.3 Å². The maximum Gasteiger partial charge on any atom is 0.309 e. The Labute approximate surface area is 76.2 Å². The quantitative estimate of drug-likeness (QED) is 0.456. The molecular formula is C9H11ClO2. The summed E-state index contributed by atoms with van der Waals surface area (Å²) >= 11 is 6.18. The lowest BCUT2D eigenvalue weighted by atomic mass is 9.98. The summed E-state index contributed by atoms with van der Waals surface area (Å²) in [5.41, 5.74) is 0. The monoisotopic (exact) mass is 186 g/mol. The van der Waals surface area contributed by atoms with E-state index in [4.69, 9.17) is 16.3 Å². The van der Waals surface area contributed by atoms with Crippen LogP contribution in [0.25, 0.3) is 0 Å². The highest BCUT2D eigenvalue weighted by molar-refractivity contribution is 6.22. The van der Waals surface area contributed by atoms with Gasteiger partial charge in [-0.1, -0.05) is 0 Å². The van der Waals surface area contributed by atoms with Crippen molar-refractivity contribution in [2.24, 2.45) is 29.6 Å². The van der Waals surface area contributed by atoms with Crippen molar-refractivity contribution >= 4 is 17.6 Å². The second kappa shape index (κ2) is 1.98. The van der Waals surface area contributed by atoms with Gasteiger partial charge in [0.25, 0.3) is 0 Å². The lowest BCUT2D eigenvalue weighted by Crippen LogP contribution is -2.22. The molecule has 0 radical (unpaired) electrons. The molecule has 0 spiro atoms. The number of hydrogen-bond donors (Lipinski definition) is 0. The minimum absolute atomic E-state index is 0.0295. The van der Waals surface area contributed by atoms with Crippen molar-refractivity contribution in [2.75, 3.05) is 7.11 Å². The van der Waals surface area contributed by atoms with Gasteiger partial charge in [-0.15, -0.1) is 11.6 Å². The summed E-state index contributed by atoms with van der Waals surface area (Å²) in [6.07, 6.45) is 1.17. The van der Waals surface area contributed by atoms with E-state index in [0.29, 0.717) is 17.8 Å². The van der Waals surface area contributed by atoms with E-state index in [1.54, 1.807) is 0 Å². The minimum atomic E-state index is -0.0295. The molecule has 66 valence electrons. The summed E-state index contributed by atoms with van der Waals surface area (Å²) in [7, 11) is 1.47. The molecule has 0 N–H and O–H groups in total. The topological polar surface area (TPSA) is 26.3 Å². The Hall–Kier alpha value is -0.240. The number of halogens is 1. The first-order valence-electron chi connectivity index (χ1n) is 4.47. The largest absolute Gasteiger partial charge is 0.469 e. The van der Waals surface area contributed by atoms with Gasteiger partial charge < -0.3 is 4.74 Å². The molecule has 0 unspecified atom stereocenters. The molecule has 4 aliphatic carbocycles. The normalized spacial score (nSPS) is 58.8. The molecular weight excluding hydrogens is 176 g/mol. The van der Waals surface area contributed by atoms with Crippen molar-refractivity contribution in [1.82, 2.24) is 0 Å². The molecule has 4 fully saturated rings. The minimum Gasteiger partial charge on any atom is -0.469 e. The summed E-state index contributed by atoms with van der Waals surface area (Å²) in [6, 6.07) is 0. The predicted molar refractivity (Wildman–Crippen MR) is 43.7 cm³/mol. The van der Waals surface area contributed by atoms with Crippen LogP contribution in [0.3, 0.4) is 0 Å². The fourth-order valence-electron chi connectivity index (χ4n) is 3.52. The second-order valence-corrected chi connectivity index (χ2v) is 4.72. The molecule has 0 aromatic carbocycles. The van der Waals surface area contributed by atoms with E-state index in [0.717, 1.165) is 5.92 Å². The summed E-state index contributed by atoms with van der Waals surface area (Å²) < 4.78 is 4.78. The van der Waals surface area contributed by atoms with E-state index in [1.165, 1.54) is 13.5 Å². The van der Waals surface area contributed by atoms with Crippen molar-refractivity contribution in [1.29, 1.82) is 0 Å².